The lowest BCUT2D eigenvalue weighted by atomic mass is 9.92. The third-order valence-electron chi connectivity index (χ3n) is 3.88. The molecule has 1 heterocycles. The van der Waals surface area contributed by atoms with E-state index >= 15 is 0 Å². The topological polar surface area (TPSA) is 56.3 Å². The van der Waals surface area contributed by atoms with Crippen molar-refractivity contribution in [2.45, 2.75) is 27.7 Å². The summed E-state index contributed by atoms with van der Waals surface area (Å²) in [5, 5.41) is 0. The molecule has 1 aromatic heterocycles. The summed E-state index contributed by atoms with van der Waals surface area (Å²) in [6, 6.07) is 5.31. The first kappa shape index (κ1) is 15.9. The second kappa shape index (κ2) is 6.52. The monoisotopic (exact) mass is 297 g/mol. The maximum atomic E-state index is 12.4. The molecular formula is C18H19NO3. The molecule has 2 aromatic rings. The van der Waals surface area contributed by atoms with Crippen LogP contribution in [0.5, 0.6) is 0 Å². The molecular weight excluding hydrogens is 278 g/mol. The number of aryl methyl sites for hydroxylation is 2. The molecule has 0 aliphatic rings. The third-order valence-corrected chi connectivity index (χ3v) is 3.88. The Kier molecular flexibility index (Phi) is 4.71. The van der Waals surface area contributed by atoms with Crippen LogP contribution in [-0.4, -0.2) is 23.3 Å². The van der Waals surface area contributed by atoms with Gasteiger partial charge in [0.1, 0.15) is 0 Å². The fraction of sp³-hybridized carbons (Fsp3) is 0.278. The minimum atomic E-state index is -0.541. The lowest BCUT2D eigenvalue weighted by Gasteiger charge is -2.14. The molecule has 0 N–H and O–H groups in total. The molecule has 0 radical (unpaired) electrons. The molecule has 0 atom stereocenters. The van der Waals surface area contributed by atoms with Crippen LogP contribution in [0.15, 0.2) is 30.6 Å². The van der Waals surface area contributed by atoms with Crippen LogP contribution in [0.3, 0.4) is 0 Å². The molecule has 114 valence electrons. The quantitative estimate of drug-likeness (QED) is 0.641. The van der Waals surface area contributed by atoms with Gasteiger partial charge in [-0.15, -0.1) is 0 Å². The Hall–Kier alpha value is -2.49. The molecule has 4 nitrogen and oxygen atoms in total. The van der Waals surface area contributed by atoms with Crippen LogP contribution in [0.25, 0.3) is 0 Å². The first-order valence-electron chi connectivity index (χ1n) is 7.09. The number of esters is 1. The van der Waals surface area contributed by atoms with Crippen LogP contribution in [0, 0.1) is 27.7 Å². The van der Waals surface area contributed by atoms with Gasteiger partial charge >= 0.3 is 5.97 Å². The van der Waals surface area contributed by atoms with Crippen LogP contribution in [0.2, 0.25) is 0 Å². The Labute approximate surface area is 130 Å². The van der Waals surface area contributed by atoms with E-state index in [1.165, 1.54) is 6.20 Å². The average Bonchev–Trinajstić information content (AvgIpc) is 2.51. The lowest BCUT2D eigenvalue weighted by Crippen LogP contribution is -2.17. The summed E-state index contributed by atoms with van der Waals surface area (Å²) in [4.78, 5) is 28.2. The van der Waals surface area contributed by atoms with Gasteiger partial charge in [-0.3, -0.25) is 9.78 Å². The summed E-state index contributed by atoms with van der Waals surface area (Å²) < 4.78 is 5.11. The van der Waals surface area contributed by atoms with E-state index in [1.54, 1.807) is 18.3 Å². The number of nitrogens with zero attached hydrogens (tertiary/aromatic N) is 1. The summed E-state index contributed by atoms with van der Waals surface area (Å²) in [5.41, 5.74) is 4.98. The molecule has 1 aromatic carbocycles. The number of hydrogen-bond donors (Lipinski definition) is 0. The molecule has 2 rings (SSSR count). The van der Waals surface area contributed by atoms with Crippen LogP contribution >= 0.6 is 0 Å². The molecule has 0 aliphatic carbocycles. The Morgan fingerprint density at radius 1 is 1.09 bits per heavy atom. The highest BCUT2D eigenvalue weighted by Gasteiger charge is 2.18. The molecule has 0 unspecified atom stereocenters. The Balaban J connectivity index is 2.16. The summed E-state index contributed by atoms with van der Waals surface area (Å²) in [5.74, 6) is -0.722. The molecule has 22 heavy (non-hydrogen) atoms. The second-order valence-corrected chi connectivity index (χ2v) is 5.38. The van der Waals surface area contributed by atoms with Crippen molar-refractivity contribution < 1.29 is 14.3 Å². The number of aromatic nitrogens is 1. The third kappa shape index (κ3) is 3.22. The molecule has 0 saturated carbocycles. The number of carbonyl (C=O) groups excluding carboxylic acids is 2. The highest BCUT2D eigenvalue weighted by Crippen LogP contribution is 2.22. The molecule has 0 aliphatic heterocycles. The number of pyridine rings is 1. The molecule has 0 saturated heterocycles. The van der Waals surface area contributed by atoms with Gasteiger partial charge < -0.3 is 4.74 Å². The van der Waals surface area contributed by atoms with Gasteiger partial charge in [0.15, 0.2) is 6.61 Å². The average molecular weight is 297 g/mol. The predicted molar refractivity (Wildman–Crippen MR) is 84.2 cm³/mol. The highest BCUT2D eigenvalue weighted by atomic mass is 16.5. The van der Waals surface area contributed by atoms with E-state index in [1.807, 2.05) is 27.7 Å². The van der Waals surface area contributed by atoms with Crippen molar-refractivity contribution in [3.05, 3.63) is 64.0 Å². The van der Waals surface area contributed by atoms with Gasteiger partial charge in [0, 0.05) is 18.0 Å². The van der Waals surface area contributed by atoms with Gasteiger partial charge in [0.2, 0.25) is 5.78 Å². The molecule has 0 spiro atoms. The van der Waals surface area contributed by atoms with Crippen molar-refractivity contribution in [2.24, 2.45) is 0 Å². The molecule has 0 bridgehead atoms. The first-order valence-corrected chi connectivity index (χ1v) is 7.09. The molecule has 0 amide bonds. The van der Waals surface area contributed by atoms with E-state index in [-0.39, 0.29) is 12.4 Å². The van der Waals surface area contributed by atoms with Crippen molar-refractivity contribution in [3.63, 3.8) is 0 Å². The zero-order valence-electron chi connectivity index (χ0n) is 13.3. The summed E-state index contributed by atoms with van der Waals surface area (Å²) in [7, 11) is 0. The first-order chi connectivity index (χ1) is 10.4. The van der Waals surface area contributed by atoms with E-state index in [2.05, 4.69) is 11.1 Å². The normalized spacial score (nSPS) is 10.4. The number of hydrogen-bond acceptors (Lipinski definition) is 4. The van der Waals surface area contributed by atoms with Gasteiger partial charge in [-0.05, 0) is 62.1 Å². The van der Waals surface area contributed by atoms with E-state index in [9.17, 15) is 9.59 Å². The summed E-state index contributed by atoms with van der Waals surface area (Å²) in [6.45, 7) is 7.51. The minimum absolute atomic E-state index is 0.181. The molecule has 4 heteroatoms. The van der Waals surface area contributed by atoms with Crippen LogP contribution in [0.1, 0.15) is 43.0 Å². The van der Waals surface area contributed by atoms with Crippen LogP contribution in [0.4, 0.5) is 0 Å². The van der Waals surface area contributed by atoms with Gasteiger partial charge in [-0.25, -0.2) is 4.79 Å². The minimum Gasteiger partial charge on any atom is -0.454 e. The van der Waals surface area contributed by atoms with Gasteiger partial charge in [0.05, 0.1) is 5.56 Å². The van der Waals surface area contributed by atoms with E-state index in [4.69, 9.17) is 4.74 Å². The zero-order valence-corrected chi connectivity index (χ0v) is 13.3. The SMILES string of the molecule is Cc1cc(C)c(C)c(C(=O)COC(=O)c2cccnc2)c1C. The molecule has 0 fully saturated rings. The number of carbonyl (C=O) groups is 2. The summed E-state index contributed by atoms with van der Waals surface area (Å²) >= 11 is 0. The standard InChI is InChI=1S/C18H19NO3/c1-11-8-12(2)14(4)17(13(11)3)16(20)10-22-18(21)15-6-5-7-19-9-15/h5-9H,10H2,1-4H3. The fourth-order valence-electron chi connectivity index (χ4n) is 2.41. The van der Waals surface area contributed by atoms with Gasteiger partial charge in [0.25, 0.3) is 0 Å². The second-order valence-electron chi connectivity index (χ2n) is 5.38. The number of ether oxygens (including phenoxy) is 1. The highest BCUT2D eigenvalue weighted by molar-refractivity contribution is 6.02. The van der Waals surface area contributed by atoms with Crippen LogP contribution in [-0.2, 0) is 4.74 Å². The Morgan fingerprint density at radius 2 is 1.73 bits per heavy atom. The lowest BCUT2D eigenvalue weighted by molar-refractivity contribution is 0.0474. The van der Waals surface area contributed by atoms with Crippen molar-refractivity contribution in [1.82, 2.24) is 4.98 Å². The predicted octanol–water partition coefficient (Wildman–Crippen LogP) is 3.35. The number of Topliss-reactive ketones (excluding diaryl/α,β-unsaturated/α-hetero) is 1. The number of ketones is 1. The Bertz CT molecular complexity index is 695. The van der Waals surface area contributed by atoms with E-state index in [0.29, 0.717) is 11.1 Å². The number of rotatable bonds is 4. The smallest absolute Gasteiger partial charge is 0.340 e. The Morgan fingerprint density at radius 3 is 2.27 bits per heavy atom. The maximum absolute atomic E-state index is 12.4. The summed E-state index contributed by atoms with van der Waals surface area (Å²) in [6.07, 6.45) is 2.99. The van der Waals surface area contributed by atoms with Crippen molar-refractivity contribution in [3.8, 4) is 0 Å². The van der Waals surface area contributed by atoms with Gasteiger partial charge in [-0.1, -0.05) is 6.07 Å². The van der Waals surface area contributed by atoms with Gasteiger partial charge in [-0.2, -0.15) is 0 Å². The van der Waals surface area contributed by atoms with Crippen molar-refractivity contribution >= 4 is 11.8 Å². The van der Waals surface area contributed by atoms with Crippen molar-refractivity contribution in [2.75, 3.05) is 6.61 Å². The zero-order chi connectivity index (χ0) is 16.3. The fourth-order valence-corrected chi connectivity index (χ4v) is 2.41. The van der Waals surface area contributed by atoms with Crippen molar-refractivity contribution in [1.29, 1.82) is 0 Å². The maximum Gasteiger partial charge on any atom is 0.340 e. The van der Waals surface area contributed by atoms with E-state index in [0.717, 1.165) is 22.3 Å². The largest absolute Gasteiger partial charge is 0.454 e. The van der Waals surface area contributed by atoms with E-state index < -0.39 is 5.97 Å². The van der Waals surface area contributed by atoms with Crippen LogP contribution < -0.4 is 0 Å². The number of benzene rings is 1.